The second-order valence-electron chi connectivity index (χ2n) is 4.39. The van der Waals surface area contributed by atoms with Gasteiger partial charge in [-0.15, -0.1) is 0 Å². The highest BCUT2D eigenvalue weighted by molar-refractivity contribution is 6.02. The number of H-pyrrole nitrogens is 1. The molecule has 0 atom stereocenters. The van der Waals surface area contributed by atoms with Crippen LogP contribution in [0.1, 0.15) is 17.3 Å². The number of carbonyl (C=O) groups excluding carboxylic acids is 2. The molecule has 0 saturated carbocycles. The fraction of sp³-hybridized carbons (Fsp3) is 0.500. The number of imide groups is 1. The van der Waals surface area contributed by atoms with E-state index in [0.29, 0.717) is 26.3 Å². The first kappa shape index (κ1) is 15.8. The Balaban J connectivity index is 2.27. The molecule has 0 aromatic carbocycles. The van der Waals surface area contributed by atoms with Crippen molar-refractivity contribution in [1.29, 1.82) is 0 Å². The molecular weight excluding hydrogens is 296 g/mol. The quantitative estimate of drug-likeness (QED) is 0.688. The number of nitrogens with zero attached hydrogens (tertiary/aromatic N) is 2. The third-order valence-electron chi connectivity index (χ3n) is 2.95. The molecule has 10 heteroatoms. The van der Waals surface area contributed by atoms with Gasteiger partial charge in [0.1, 0.15) is 5.56 Å². The van der Waals surface area contributed by atoms with Crippen LogP contribution in [0, 0.1) is 0 Å². The average molecular weight is 312 g/mol. The zero-order valence-electron chi connectivity index (χ0n) is 12.0. The summed E-state index contributed by atoms with van der Waals surface area (Å²) >= 11 is 0. The Morgan fingerprint density at radius 2 is 2.05 bits per heavy atom. The van der Waals surface area contributed by atoms with E-state index in [4.69, 9.17) is 4.74 Å². The number of hydrogen-bond donors (Lipinski definition) is 2. The van der Waals surface area contributed by atoms with E-state index in [1.807, 2.05) is 10.3 Å². The summed E-state index contributed by atoms with van der Waals surface area (Å²) in [6, 6.07) is 0. The molecule has 22 heavy (non-hydrogen) atoms. The summed E-state index contributed by atoms with van der Waals surface area (Å²) in [7, 11) is 0. The van der Waals surface area contributed by atoms with Crippen molar-refractivity contribution in [2.24, 2.45) is 0 Å². The third kappa shape index (κ3) is 3.52. The first-order valence-electron chi connectivity index (χ1n) is 6.70. The molecule has 2 rings (SSSR count). The summed E-state index contributed by atoms with van der Waals surface area (Å²) in [6.07, 6.45) is 0.136. The topological polar surface area (TPSA) is 123 Å². The van der Waals surface area contributed by atoms with Crippen molar-refractivity contribution in [3.05, 3.63) is 32.6 Å². The van der Waals surface area contributed by atoms with E-state index in [0.717, 1.165) is 10.9 Å². The Morgan fingerprint density at radius 3 is 2.68 bits per heavy atom. The van der Waals surface area contributed by atoms with Crippen LogP contribution >= 0.6 is 0 Å². The minimum absolute atomic E-state index is 0.0861. The summed E-state index contributed by atoms with van der Waals surface area (Å²) in [5.41, 5.74) is -1.91. The highest BCUT2D eigenvalue weighted by Crippen LogP contribution is 1.96. The number of carbonyl (C=O) groups is 2. The van der Waals surface area contributed by atoms with Crippen LogP contribution in [0.4, 0.5) is 4.79 Å². The third-order valence-corrected chi connectivity index (χ3v) is 2.95. The van der Waals surface area contributed by atoms with Gasteiger partial charge in [-0.25, -0.2) is 14.3 Å². The van der Waals surface area contributed by atoms with Crippen LogP contribution in [0.15, 0.2) is 15.8 Å². The van der Waals surface area contributed by atoms with Crippen LogP contribution in [0.25, 0.3) is 0 Å². The number of rotatable bonds is 3. The standard InChI is InChI=1S/C12H16N4O6/c1-2-22-12(20)14-10(18)8-7-16(11(19)13-9(8)17)15-3-5-21-6-4-15/h7H,2-6H2,1H3,(H,13,17,19)(H,14,18,20). The predicted molar refractivity (Wildman–Crippen MR) is 74.6 cm³/mol. The van der Waals surface area contributed by atoms with Gasteiger partial charge in [0.05, 0.1) is 39.1 Å². The zero-order chi connectivity index (χ0) is 16.1. The molecule has 2 heterocycles. The smallest absolute Gasteiger partial charge is 0.414 e. The lowest BCUT2D eigenvalue weighted by Crippen LogP contribution is -2.51. The normalized spacial score (nSPS) is 14.5. The molecule has 2 N–H and O–H groups in total. The molecule has 10 nitrogen and oxygen atoms in total. The van der Waals surface area contributed by atoms with E-state index in [1.54, 1.807) is 11.9 Å². The van der Waals surface area contributed by atoms with Gasteiger partial charge in [0.25, 0.3) is 11.5 Å². The van der Waals surface area contributed by atoms with E-state index in [1.165, 1.54) is 0 Å². The van der Waals surface area contributed by atoms with Gasteiger partial charge < -0.3 is 14.5 Å². The molecular formula is C12H16N4O6. The van der Waals surface area contributed by atoms with E-state index in [2.05, 4.69) is 4.74 Å². The molecule has 1 aromatic rings. The van der Waals surface area contributed by atoms with Gasteiger partial charge in [0.15, 0.2) is 0 Å². The van der Waals surface area contributed by atoms with Crippen molar-refractivity contribution in [3.8, 4) is 0 Å². The van der Waals surface area contributed by atoms with Crippen LogP contribution in [0.2, 0.25) is 0 Å². The molecule has 0 aliphatic carbocycles. The summed E-state index contributed by atoms with van der Waals surface area (Å²) in [4.78, 5) is 48.8. The number of amides is 2. The minimum atomic E-state index is -0.962. The lowest BCUT2D eigenvalue weighted by Gasteiger charge is -2.29. The van der Waals surface area contributed by atoms with Gasteiger partial charge in [-0.2, -0.15) is 0 Å². The van der Waals surface area contributed by atoms with Crippen LogP contribution in [0.5, 0.6) is 0 Å². The second-order valence-corrected chi connectivity index (χ2v) is 4.39. The van der Waals surface area contributed by atoms with Crippen molar-refractivity contribution < 1.29 is 19.1 Å². The highest BCUT2D eigenvalue weighted by Gasteiger charge is 2.19. The van der Waals surface area contributed by atoms with Crippen LogP contribution in [-0.2, 0) is 9.47 Å². The Hall–Kier alpha value is -2.62. The van der Waals surface area contributed by atoms with Gasteiger partial charge in [0, 0.05) is 0 Å². The molecule has 1 saturated heterocycles. The maximum absolute atomic E-state index is 11.9. The van der Waals surface area contributed by atoms with E-state index in [9.17, 15) is 19.2 Å². The van der Waals surface area contributed by atoms with Crippen molar-refractivity contribution in [2.75, 3.05) is 37.9 Å². The lowest BCUT2D eigenvalue weighted by atomic mass is 10.3. The molecule has 0 spiro atoms. The van der Waals surface area contributed by atoms with E-state index < -0.39 is 23.2 Å². The van der Waals surface area contributed by atoms with Gasteiger partial charge in [0.2, 0.25) is 0 Å². The molecule has 1 aliphatic rings. The number of alkyl carbamates (subject to hydrolysis) is 1. The minimum Gasteiger partial charge on any atom is -0.450 e. The lowest BCUT2D eigenvalue weighted by molar-refractivity contribution is 0.0921. The summed E-state index contributed by atoms with van der Waals surface area (Å²) in [6.45, 7) is 3.39. The van der Waals surface area contributed by atoms with Crippen molar-refractivity contribution in [3.63, 3.8) is 0 Å². The van der Waals surface area contributed by atoms with Gasteiger partial charge in [-0.05, 0) is 6.92 Å². The fourth-order valence-electron chi connectivity index (χ4n) is 1.93. The molecule has 2 amide bonds. The predicted octanol–water partition coefficient (Wildman–Crippen LogP) is -1.61. The molecule has 1 aromatic heterocycles. The molecule has 1 fully saturated rings. The van der Waals surface area contributed by atoms with Crippen molar-refractivity contribution >= 4 is 12.0 Å². The Morgan fingerprint density at radius 1 is 1.36 bits per heavy atom. The van der Waals surface area contributed by atoms with Gasteiger partial charge >= 0.3 is 11.8 Å². The van der Waals surface area contributed by atoms with E-state index in [-0.39, 0.29) is 12.2 Å². The van der Waals surface area contributed by atoms with E-state index >= 15 is 0 Å². The largest absolute Gasteiger partial charge is 0.450 e. The number of morpholine rings is 1. The number of hydrogen-bond acceptors (Lipinski definition) is 7. The van der Waals surface area contributed by atoms with Crippen molar-refractivity contribution in [2.45, 2.75) is 6.92 Å². The van der Waals surface area contributed by atoms with Gasteiger partial charge in [-0.1, -0.05) is 0 Å². The first-order valence-corrected chi connectivity index (χ1v) is 6.70. The second kappa shape index (κ2) is 6.89. The van der Waals surface area contributed by atoms with Gasteiger partial charge in [-0.3, -0.25) is 19.9 Å². The Labute approximate surface area is 124 Å². The number of nitrogens with one attached hydrogen (secondary N) is 2. The summed E-state index contributed by atoms with van der Waals surface area (Å²) in [5, 5.41) is 3.54. The molecule has 120 valence electrons. The SMILES string of the molecule is CCOC(=O)NC(=O)c1cn(N2CCOCC2)c(=O)[nH]c1=O. The molecule has 1 aliphatic heterocycles. The van der Waals surface area contributed by atoms with Crippen LogP contribution in [-0.4, -0.2) is 54.6 Å². The van der Waals surface area contributed by atoms with Crippen molar-refractivity contribution in [1.82, 2.24) is 15.0 Å². The number of aromatic amines is 1. The maximum Gasteiger partial charge on any atom is 0.414 e. The number of ether oxygens (including phenoxy) is 2. The highest BCUT2D eigenvalue weighted by atomic mass is 16.5. The maximum atomic E-state index is 11.9. The number of aromatic nitrogens is 2. The zero-order valence-corrected chi connectivity index (χ0v) is 12.0. The van der Waals surface area contributed by atoms with Crippen LogP contribution < -0.4 is 21.6 Å². The monoisotopic (exact) mass is 312 g/mol. The Kier molecular flexibility index (Phi) is 4.94. The Bertz CT molecular complexity index is 673. The average Bonchev–Trinajstić information content (AvgIpc) is 2.48. The molecule has 0 bridgehead atoms. The first-order chi connectivity index (χ1) is 10.5. The molecule has 0 radical (unpaired) electrons. The fourth-order valence-corrected chi connectivity index (χ4v) is 1.93. The summed E-state index contributed by atoms with van der Waals surface area (Å²) in [5.74, 6) is -0.943. The molecule has 0 unspecified atom stereocenters. The summed E-state index contributed by atoms with van der Waals surface area (Å²) < 4.78 is 10.9. The van der Waals surface area contributed by atoms with Crippen LogP contribution in [0.3, 0.4) is 0 Å².